The van der Waals surface area contributed by atoms with E-state index in [9.17, 15) is 0 Å². The molecule has 0 saturated carbocycles. The zero-order valence-corrected chi connectivity index (χ0v) is 21.6. The summed E-state index contributed by atoms with van der Waals surface area (Å²) in [5.74, 6) is 0.733. The van der Waals surface area contributed by atoms with Gasteiger partial charge in [-0.25, -0.2) is 0 Å². The Labute approximate surface area is 203 Å². The van der Waals surface area contributed by atoms with E-state index in [1.165, 1.54) is 145 Å². The van der Waals surface area contributed by atoms with Crippen LogP contribution in [0.15, 0.2) is 18.2 Å². The van der Waals surface area contributed by atoms with E-state index in [-0.39, 0.29) is 0 Å². The van der Waals surface area contributed by atoms with Crippen molar-refractivity contribution in [1.29, 1.82) is 0 Å². The van der Waals surface area contributed by atoms with Crippen LogP contribution >= 0.6 is 11.6 Å². The number of aromatic nitrogens is 1. The summed E-state index contributed by atoms with van der Waals surface area (Å²) in [7, 11) is 0. The number of fused-ring (bicyclic) bond motifs is 3. The highest BCUT2D eigenvalue weighted by atomic mass is 35.5. The molecule has 32 heavy (non-hydrogen) atoms. The number of unbranched alkanes of at least 4 members (excludes halogenated alkanes) is 15. The van der Waals surface area contributed by atoms with Crippen LogP contribution in [0.2, 0.25) is 5.02 Å². The van der Waals surface area contributed by atoms with Crippen molar-refractivity contribution in [1.82, 2.24) is 4.98 Å². The third-order valence-corrected chi connectivity index (χ3v) is 7.93. The van der Waals surface area contributed by atoms with Crippen LogP contribution in [0, 0.1) is 0 Å². The van der Waals surface area contributed by atoms with E-state index >= 15 is 0 Å². The Balaban J connectivity index is 1.18. The Kier molecular flexibility index (Phi) is 12.1. The molecule has 1 nitrogen and oxygen atoms in total. The molecule has 0 bridgehead atoms. The lowest BCUT2D eigenvalue weighted by Crippen LogP contribution is -2.09. The molecule has 0 amide bonds. The maximum atomic E-state index is 6.25. The van der Waals surface area contributed by atoms with Crippen molar-refractivity contribution in [3.8, 4) is 0 Å². The minimum absolute atomic E-state index is 0.733. The van der Waals surface area contributed by atoms with Gasteiger partial charge < -0.3 is 4.98 Å². The van der Waals surface area contributed by atoms with Crippen LogP contribution in [-0.2, 0) is 6.42 Å². The molecule has 0 fully saturated rings. The molecule has 1 unspecified atom stereocenters. The monoisotopic (exact) mass is 457 g/mol. The molecular formula is C30H48ClN. The Morgan fingerprint density at radius 3 is 1.94 bits per heavy atom. The quantitative estimate of drug-likeness (QED) is 0.227. The second kappa shape index (κ2) is 15.0. The van der Waals surface area contributed by atoms with Gasteiger partial charge in [0.15, 0.2) is 0 Å². The van der Waals surface area contributed by atoms with Gasteiger partial charge in [-0.1, -0.05) is 121 Å². The number of hydrogen-bond acceptors (Lipinski definition) is 0. The summed E-state index contributed by atoms with van der Waals surface area (Å²) in [5, 5.41) is 2.23. The molecule has 1 aromatic heterocycles. The number of benzene rings is 1. The van der Waals surface area contributed by atoms with E-state index < -0.39 is 0 Å². The second-order valence-electron chi connectivity index (χ2n) is 10.4. The van der Waals surface area contributed by atoms with Gasteiger partial charge in [0, 0.05) is 21.6 Å². The zero-order valence-electron chi connectivity index (χ0n) is 20.8. The molecule has 1 aliphatic rings. The fraction of sp³-hybridized carbons (Fsp3) is 0.733. The Morgan fingerprint density at radius 1 is 0.781 bits per heavy atom. The summed E-state index contributed by atoms with van der Waals surface area (Å²) in [6.07, 6.45) is 28.4. The highest BCUT2D eigenvalue weighted by Crippen LogP contribution is 2.39. The second-order valence-corrected chi connectivity index (χ2v) is 10.8. The van der Waals surface area contributed by atoms with Gasteiger partial charge in [-0.05, 0) is 55.4 Å². The summed E-state index contributed by atoms with van der Waals surface area (Å²) in [6, 6.07) is 6.32. The molecule has 0 aliphatic heterocycles. The lowest BCUT2D eigenvalue weighted by atomic mass is 9.83. The first-order valence-corrected chi connectivity index (χ1v) is 14.5. The van der Waals surface area contributed by atoms with E-state index in [1.807, 2.05) is 6.07 Å². The van der Waals surface area contributed by atoms with Crippen molar-refractivity contribution in [2.24, 2.45) is 0 Å². The first-order valence-electron chi connectivity index (χ1n) is 14.1. The van der Waals surface area contributed by atoms with Crippen molar-refractivity contribution in [2.45, 2.75) is 141 Å². The predicted molar refractivity (Wildman–Crippen MR) is 143 cm³/mol. The molecule has 0 radical (unpaired) electrons. The Morgan fingerprint density at radius 2 is 1.34 bits per heavy atom. The highest BCUT2D eigenvalue weighted by Gasteiger charge is 2.23. The molecule has 1 N–H and O–H groups in total. The van der Waals surface area contributed by atoms with Gasteiger partial charge in [0.05, 0.1) is 0 Å². The lowest BCUT2D eigenvalue weighted by Gasteiger charge is -2.22. The number of nitrogens with one attached hydrogen (secondary N) is 1. The first kappa shape index (κ1) is 25.7. The Bertz CT molecular complexity index is 762. The SMILES string of the molecule is CCCCCCCCCCCCCCCCCCC1CCCc2c1[nH]c1ccc(Cl)cc21. The molecule has 0 saturated heterocycles. The number of hydrogen-bond donors (Lipinski definition) is 1. The van der Waals surface area contributed by atoms with Gasteiger partial charge in [-0.15, -0.1) is 0 Å². The van der Waals surface area contributed by atoms with E-state index in [0.717, 1.165) is 10.9 Å². The third kappa shape index (κ3) is 8.44. The third-order valence-electron chi connectivity index (χ3n) is 7.69. The van der Waals surface area contributed by atoms with Crippen LogP contribution in [0.5, 0.6) is 0 Å². The molecule has 0 spiro atoms. The van der Waals surface area contributed by atoms with Gasteiger partial charge in [0.2, 0.25) is 0 Å². The maximum absolute atomic E-state index is 6.25. The van der Waals surface area contributed by atoms with Crippen molar-refractivity contribution in [2.75, 3.05) is 0 Å². The van der Waals surface area contributed by atoms with Crippen LogP contribution in [-0.4, -0.2) is 4.98 Å². The van der Waals surface area contributed by atoms with E-state index in [0.29, 0.717) is 0 Å². The van der Waals surface area contributed by atoms with Crippen molar-refractivity contribution in [3.05, 3.63) is 34.5 Å². The van der Waals surface area contributed by atoms with Gasteiger partial charge in [0.1, 0.15) is 0 Å². The molecule has 3 rings (SSSR count). The fourth-order valence-electron chi connectivity index (χ4n) is 5.76. The summed E-state index contributed by atoms with van der Waals surface area (Å²) in [5.41, 5.74) is 4.35. The van der Waals surface area contributed by atoms with Gasteiger partial charge >= 0.3 is 0 Å². The van der Waals surface area contributed by atoms with Crippen LogP contribution in [0.25, 0.3) is 10.9 Å². The number of rotatable bonds is 17. The average Bonchev–Trinajstić information content (AvgIpc) is 3.17. The smallest absolute Gasteiger partial charge is 0.0460 e. The Hall–Kier alpha value is -0.950. The average molecular weight is 458 g/mol. The zero-order chi connectivity index (χ0) is 22.4. The standard InChI is InChI=1S/C30H48ClN/c1-2-3-4-5-6-7-8-9-10-11-12-13-14-15-16-17-19-25-20-18-21-27-28-24-26(31)22-23-29(28)32-30(25)27/h22-25,32H,2-21H2,1H3. The molecule has 1 aromatic carbocycles. The molecular weight excluding hydrogens is 410 g/mol. The van der Waals surface area contributed by atoms with E-state index in [1.54, 1.807) is 5.56 Å². The largest absolute Gasteiger partial charge is 0.358 e. The normalized spacial score (nSPS) is 16.0. The number of aryl methyl sites for hydroxylation is 1. The summed E-state index contributed by atoms with van der Waals surface area (Å²) < 4.78 is 0. The van der Waals surface area contributed by atoms with Gasteiger partial charge in [0.25, 0.3) is 0 Å². The predicted octanol–water partition coefficient (Wildman–Crippen LogP) is 10.9. The molecule has 1 atom stereocenters. The number of H-pyrrole nitrogens is 1. The molecule has 1 aliphatic carbocycles. The summed E-state index contributed by atoms with van der Waals surface area (Å²) >= 11 is 6.25. The number of aromatic amines is 1. The lowest BCUT2D eigenvalue weighted by molar-refractivity contribution is 0.475. The fourth-order valence-corrected chi connectivity index (χ4v) is 5.93. The van der Waals surface area contributed by atoms with Crippen molar-refractivity contribution in [3.63, 3.8) is 0 Å². The van der Waals surface area contributed by atoms with Crippen molar-refractivity contribution >= 4 is 22.5 Å². The molecule has 2 aromatic rings. The number of halogens is 1. The van der Waals surface area contributed by atoms with Gasteiger partial charge in [-0.3, -0.25) is 0 Å². The van der Waals surface area contributed by atoms with Crippen LogP contribution in [0.1, 0.15) is 146 Å². The molecule has 1 heterocycles. The highest BCUT2D eigenvalue weighted by molar-refractivity contribution is 6.31. The van der Waals surface area contributed by atoms with E-state index in [2.05, 4.69) is 24.0 Å². The van der Waals surface area contributed by atoms with Gasteiger partial charge in [-0.2, -0.15) is 0 Å². The summed E-state index contributed by atoms with van der Waals surface area (Å²) in [6.45, 7) is 2.30. The van der Waals surface area contributed by atoms with Crippen LogP contribution in [0.4, 0.5) is 0 Å². The van der Waals surface area contributed by atoms with Crippen molar-refractivity contribution < 1.29 is 0 Å². The maximum Gasteiger partial charge on any atom is 0.0460 e. The molecule has 180 valence electrons. The first-order chi connectivity index (χ1) is 15.8. The summed E-state index contributed by atoms with van der Waals surface area (Å²) in [4.78, 5) is 3.74. The van der Waals surface area contributed by atoms with Crippen LogP contribution < -0.4 is 0 Å². The van der Waals surface area contributed by atoms with E-state index in [4.69, 9.17) is 11.6 Å². The van der Waals surface area contributed by atoms with Crippen LogP contribution in [0.3, 0.4) is 0 Å². The molecule has 2 heteroatoms. The minimum atomic E-state index is 0.733. The topological polar surface area (TPSA) is 15.8 Å². The minimum Gasteiger partial charge on any atom is -0.358 e.